The molecule has 0 aliphatic rings. The molecule has 0 fully saturated rings. The maximum absolute atomic E-state index is 12.9. The Kier molecular flexibility index (Phi) is 4.68. The lowest BCUT2D eigenvalue weighted by molar-refractivity contribution is 0.0541. The van der Waals surface area contributed by atoms with Crippen LogP contribution < -0.4 is 0 Å². The first-order valence-electron chi connectivity index (χ1n) is 9.34. The molecule has 0 saturated heterocycles. The summed E-state index contributed by atoms with van der Waals surface area (Å²) in [5.41, 5.74) is 1.23. The minimum Gasteiger partial charge on any atom is -0.443 e. The van der Waals surface area contributed by atoms with E-state index in [4.69, 9.17) is 4.74 Å². The highest BCUT2D eigenvalue weighted by Crippen LogP contribution is 2.41. The van der Waals surface area contributed by atoms with E-state index in [2.05, 4.69) is 48.5 Å². The molecule has 0 aliphatic heterocycles. The quantitative estimate of drug-likeness (QED) is 0.368. The molecule has 0 amide bonds. The van der Waals surface area contributed by atoms with Crippen LogP contribution in [-0.2, 0) is 4.74 Å². The molecule has 0 radical (unpaired) electrons. The van der Waals surface area contributed by atoms with Crippen LogP contribution in [0.25, 0.3) is 21.7 Å². The third kappa shape index (κ3) is 3.40. The molecule has 4 aromatic rings. The number of hydrogen-bond acceptors (Lipinski definition) is 3. The fraction of sp³-hybridized carbons (Fsp3) is 0.208. The van der Waals surface area contributed by atoms with Crippen molar-refractivity contribution in [1.82, 2.24) is 4.57 Å². The number of aromatic nitrogens is 1. The highest BCUT2D eigenvalue weighted by Gasteiger charge is 2.24. The van der Waals surface area contributed by atoms with E-state index in [9.17, 15) is 4.79 Å². The third-order valence-corrected chi connectivity index (χ3v) is 5.89. The molecule has 0 bridgehead atoms. The number of rotatable bonds is 2. The maximum Gasteiger partial charge on any atom is 0.419 e. The van der Waals surface area contributed by atoms with Gasteiger partial charge in [0.05, 0.1) is 5.52 Å². The predicted molar refractivity (Wildman–Crippen MR) is 116 cm³/mol. The van der Waals surface area contributed by atoms with Crippen LogP contribution in [0.1, 0.15) is 26.5 Å². The van der Waals surface area contributed by atoms with E-state index in [0.717, 1.165) is 21.5 Å². The molecule has 1 heterocycles. The number of ether oxygens (including phenoxy) is 1. The lowest BCUT2D eigenvalue weighted by Gasteiger charge is -2.20. The molecular weight excluding hydrogens is 366 g/mol. The molecule has 0 saturated carbocycles. The molecule has 4 heteroatoms. The second-order valence-corrected chi connectivity index (χ2v) is 8.88. The fourth-order valence-corrected chi connectivity index (χ4v) is 4.59. The minimum absolute atomic E-state index is 0.342. The van der Waals surface area contributed by atoms with Crippen molar-refractivity contribution in [3.8, 4) is 0 Å². The Morgan fingerprint density at radius 3 is 2.29 bits per heavy atom. The van der Waals surface area contributed by atoms with Crippen molar-refractivity contribution in [1.29, 1.82) is 0 Å². The lowest BCUT2D eigenvalue weighted by Crippen LogP contribution is -2.27. The van der Waals surface area contributed by atoms with Crippen LogP contribution in [0, 0.1) is 6.92 Å². The van der Waals surface area contributed by atoms with Gasteiger partial charge in [-0.05, 0) is 50.6 Å². The van der Waals surface area contributed by atoms with Gasteiger partial charge in [0.2, 0.25) is 0 Å². The highest BCUT2D eigenvalue weighted by molar-refractivity contribution is 7.99. The summed E-state index contributed by atoms with van der Waals surface area (Å²) in [6, 6.07) is 22.7. The number of benzene rings is 3. The van der Waals surface area contributed by atoms with E-state index in [0.29, 0.717) is 0 Å². The molecule has 0 spiro atoms. The maximum atomic E-state index is 12.9. The predicted octanol–water partition coefficient (Wildman–Crippen LogP) is 7.04. The van der Waals surface area contributed by atoms with Gasteiger partial charge >= 0.3 is 6.09 Å². The number of para-hydroxylation sites is 1. The average molecular weight is 390 g/mol. The molecule has 28 heavy (non-hydrogen) atoms. The number of hydrogen-bond donors (Lipinski definition) is 0. The summed E-state index contributed by atoms with van der Waals surface area (Å²) < 4.78 is 7.35. The summed E-state index contributed by atoms with van der Waals surface area (Å²) >= 11 is 1.70. The zero-order valence-electron chi connectivity index (χ0n) is 16.5. The van der Waals surface area contributed by atoms with Crippen LogP contribution in [0.5, 0.6) is 0 Å². The normalized spacial score (nSPS) is 11.9. The number of fused-ring (bicyclic) bond motifs is 2. The van der Waals surface area contributed by atoms with E-state index < -0.39 is 5.60 Å². The van der Waals surface area contributed by atoms with Crippen LogP contribution in [0.4, 0.5) is 4.79 Å². The SMILES string of the molecule is Cc1c(Sc2cccc3ccccc23)c2ccccc2n1C(=O)OC(C)(C)C. The largest absolute Gasteiger partial charge is 0.443 e. The van der Waals surface area contributed by atoms with Gasteiger partial charge in [-0.3, -0.25) is 0 Å². The van der Waals surface area contributed by atoms with E-state index in [-0.39, 0.29) is 6.09 Å². The molecule has 1 aromatic heterocycles. The van der Waals surface area contributed by atoms with E-state index in [1.165, 1.54) is 15.7 Å². The first-order chi connectivity index (χ1) is 13.3. The zero-order valence-corrected chi connectivity index (χ0v) is 17.3. The summed E-state index contributed by atoms with van der Waals surface area (Å²) in [5.74, 6) is 0. The van der Waals surface area contributed by atoms with Crippen molar-refractivity contribution in [2.24, 2.45) is 0 Å². The van der Waals surface area contributed by atoms with Crippen molar-refractivity contribution in [2.45, 2.75) is 43.1 Å². The van der Waals surface area contributed by atoms with Crippen LogP contribution >= 0.6 is 11.8 Å². The van der Waals surface area contributed by atoms with Crippen LogP contribution in [0.3, 0.4) is 0 Å². The molecule has 0 atom stereocenters. The number of carbonyl (C=O) groups excluding carboxylic acids is 1. The van der Waals surface area contributed by atoms with E-state index in [1.807, 2.05) is 45.9 Å². The van der Waals surface area contributed by atoms with Crippen molar-refractivity contribution in [2.75, 3.05) is 0 Å². The minimum atomic E-state index is -0.544. The van der Waals surface area contributed by atoms with Gasteiger partial charge in [-0.2, -0.15) is 0 Å². The van der Waals surface area contributed by atoms with Gasteiger partial charge in [0.15, 0.2) is 0 Å². The Bertz CT molecular complexity index is 1180. The van der Waals surface area contributed by atoms with Gasteiger partial charge in [0.25, 0.3) is 0 Å². The Balaban J connectivity index is 1.86. The lowest BCUT2D eigenvalue weighted by atomic mass is 10.1. The summed E-state index contributed by atoms with van der Waals surface area (Å²) in [5, 5.41) is 3.48. The third-order valence-electron chi connectivity index (χ3n) is 4.59. The second kappa shape index (κ2) is 7.02. The molecule has 0 N–H and O–H groups in total. The highest BCUT2D eigenvalue weighted by atomic mass is 32.2. The summed E-state index contributed by atoms with van der Waals surface area (Å²) in [6.07, 6.45) is -0.342. The first kappa shape index (κ1) is 18.6. The standard InChI is InChI=1S/C24H23NO2S/c1-16-22(28-21-15-9-11-17-10-5-6-12-18(17)21)19-13-7-8-14-20(19)25(16)23(26)27-24(2,3)4/h5-15H,1-4H3. The molecule has 142 valence electrons. The van der Waals surface area contributed by atoms with E-state index >= 15 is 0 Å². The first-order valence-corrected chi connectivity index (χ1v) is 10.2. The van der Waals surface area contributed by atoms with Gasteiger partial charge < -0.3 is 4.74 Å². The Hall–Kier alpha value is -2.72. The Labute approximate surface area is 169 Å². The Morgan fingerprint density at radius 1 is 0.893 bits per heavy atom. The average Bonchev–Trinajstić information content (AvgIpc) is 2.93. The molecule has 3 aromatic carbocycles. The van der Waals surface area contributed by atoms with Gasteiger partial charge in [-0.25, -0.2) is 9.36 Å². The van der Waals surface area contributed by atoms with Gasteiger partial charge in [0, 0.05) is 20.9 Å². The number of carbonyl (C=O) groups is 1. The summed E-state index contributed by atoms with van der Waals surface area (Å²) in [6.45, 7) is 7.64. The zero-order chi connectivity index (χ0) is 19.9. The van der Waals surface area contributed by atoms with E-state index in [1.54, 1.807) is 16.3 Å². The van der Waals surface area contributed by atoms with Gasteiger partial charge in [-0.15, -0.1) is 0 Å². The summed E-state index contributed by atoms with van der Waals surface area (Å²) in [4.78, 5) is 15.2. The van der Waals surface area contributed by atoms with Crippen LogP contribution in [0.15, 0.2) is 76.5 Å². The molecular formula is C24H23NO2S. The number of nitrogens with zero attached hydrogens (tertiary/aromatic N) is 1. The molecule has 4 rings (SSSR count). The molecule has 0 aliphatic carbocycles. The smallest absolute Gasteiger partial charge is 0.419 e. The van der Waals surface area contributed by atoms with Crippen molar-refractivity contribution >= 4 is 39.5 Å². The van der Waals surface area contributed by atoms with Crippen molar-refractivity contribution < 1.29 is 9.53 Å². The summed E-state index contributed by atoms with van der Waals surface area (Å²) in [7, 11) is 0. The van der Waals surface area contributed by atoms with Gasteiger partial charge in [-0.1, -0.05) is 66.4 Å². The molecule has 0 unspecified atom stereocenters. The topological polar surface area (TPSA) is 31.2 Å². The van der Waals surface area contributed by atoms with Crippen LogP contribution in [0.2, 0.25) is 0 Å². The Morgan fingerprint density at radius 2 is 1.54 bits per heavy atom. The van der Waals surface area contributed by atoms with Gasteiger partial charge in [0.1, 0.15) is 5.60 Å². The van der Waals surface area contributed by atoms with Crippen molar-refractivity contribution in [3.63, 3.8) is 0 Å². The van der Waals surface area contributed by atoms with Crippen molar-refractivity contribution in [3.05, 3.63) is 72.4 Å². The monoisotopic (exact) mass is 389 g/mol. The second-order valence-electron chi connectivity index (χ2n) is 7.83. The van der Waals surface area contributed by atoms with Crippen LogP contribution in [-0.4, -0.2) is 16.3 Å². The fourth-order valence-electron chi connectivity index (χ4n) is 3.40. The molecule has 3 nitrogen and oxygen atoms in total.